The molecule has 0 saturated heterocycles. The summed E-state index contributed by atoms with van der Waals surface area (Å²) in [5.74, 6) is -2.71. The van der Waals surface area contributed by atoms with Gasteiger partial charge in [-0.2, -0.15) is 4.39 Å². The second-order valence-electron chi connectivity index (χ2n) is 6.47. The third-order valence-corrected chi connectivity index (χ3v) is 5.60. The summed E-state index contributed by atoms with van der Waals surface area (Å²) in [6.45, 7) is -0.701. The fourth-order valence-corrected chi connectivity index (χ4v) is 3.71. The van der Waals surface area contributed by atoms with Crippen molar-refractivity contribution < 1.29 is 32.1 Å². The van der Waals surface area contributed by atoms with Gasteiger partial charge in [-0.3, -0.25) is 14.9 Å². The number of nitrogens with zero attached hydrogens (tertiary/aromatic N) is 1. The van der Waals surface area contributed by atoms with Gasteiger partial charge in [-0.25, -0.2) is 17.9 Å². The van der Waals surface area contributed by atoms with Gasteiger partial charge in [-0.15, -0.1) is 0 Å². The van der Waals surface area contributed by atoms with Gasteiger partial charge in [-0.05, 0) is 49.2 Å². The number of hydrogen-bond acceptors (Lipinski definition) is 7. The molecule has 10 nitrogen and oxygen atoms in total. The van der Waals surface area contributed by atoms with Gasteiger partial charge >= 0.3 is 11.7 Å². The van der Waals surface area contributed by atoms with Crippen molar-refractivity contribution in [2.75, 3.05) is 11.9 Å². The number of ether oxygens (including phenoxy) is 1. The number of nitro benzene ring substituents is 1. The van der Waals surface area contributed by atoms with Gasteiger partial charge in [-0.1, -0.05) is 0 Å². The molecule has 2 aromatic carbocycles. The van der Waals surface area contributed by atoms with Gasteiger partial charge in [0, 0.05) is 17.8 Å². The summed E-state index contributed by atoms with van der Waals surface area (Å²) < 4.78 is 44.8. The molecule has 1 amide bonds. The normalized spacial score (nSPS) is 13.5. The lowest BCUT2D eigenvalue weighted by molar-refractivity contribution is -0.387. The molecule has 0 aromatic heterocycles. The third kappa shape index (κ3) is 5.36. The molecule has 0 unspecified atom stereocenters. The van der Waals surface area contributed by atoms with Crippen LogP contribution in [0.5, 0.6) is 0 Å². The highest BCUT2D eigenvalue weighted by molar-refractivity contribution is 7.89. The molecule has 12 heteroatoms. The van der Waals surface area contributed by atoms with Crippen molar-refractivity contribution in [2.24, 2.45) is 0 Å². The fraction of sp³-hybridized carbons (Fsp3) is 0.222. The summed E-state index contributed by atoms with van der Waals surface area (Å²) in [4.78, 5) is 33.7. The number of hydrogen-bond donors (Lipinski definition) is 2. The Kier molecular flexibility index (Phi) is 6.08. The van der Waals surface area contributed by atoms with Gasteiger partial charge in [0.25, 0.3) is 5.91 Å². The molecule has 0 aliphatic heterocycles. The predicted octanol–water partition coefficient (Wildman–Crippen LogP) is 1.97. The summed E-state index contributed by atoms with van der Waals surface area (Å²) >= 11 is 0. The number of nitro groups is 1. The number of carbonyl (C=O) groups excluding carboxylic acids is 2. The average molecular weight is 437 g/mol. The first-order valence-corrected chi connectivity index (χ1v) is 10.2. The van der Waals surface area contributed by atoms with Gasteiger partial charge in [0.2, 0.25) is 15.8 Å². The number of esters is 1. The van der Waals surface area contributed by atoms with Crippen LogP contribution in [-0.2, 0) is 19.6 Å². The number of halogens is 1. The van der Waals surface area contributed by atoms with E-state index in [9.17, 15) is 32.5 Å². The molecular weight excluding hydrogens is 421 g/mol. The van der Waals surface area contributed by atoms with E-state index < -0.39 is 44.9 Å². The zero-order valence-corrected chi connectivity index (χ0v) is 16.1. The minimum atomic E-state index is -3.65. The highest BCUT2D eigenvalue weighted by Gasteiger charge is 2.28. The molecular formula is C18H16FN3O7S. The SMILES string of the molecule is O=C(COC(=O)c1ccc(S(=O)(=O)NC2CC2)cc1)Nc1ccc(F)c([N+](=O)[O-])c1. The maximum absolute atomic E-state index is 13.3. The third-order valence-electron chi connectivity index (χ3n) is 4.06. The largest absolute Gasteiger partial charge is 0.452 e. The van der Waals surface area contributed by atoms with E-state index in [2.05, 4.69) is 10.0 Å². The van der Waals surface area contributed by atoms with E-state index in [1.807, 2.05) is 0 Å². The van der Waals surface area contributed by atoms with E-state index in [0.29, 0.717) is 0 Å². The Morgan fingerprint density at radius 3 is 2.43 bits per heavy atom. The van der Waals surface area contributed by atoms with Gasteiger partial charge in [0.1, 0.15) is 0 Å². The zero-order valence-electron chi connectivity index (χ0n) is 15.3. The monoisotopic (exact) mass is 437 g/mol. The van der Waals surface area contributed by atoms with E-state index in [4.69, 9.17) is 4.74 Å². The lowest BCUT2D eigenvalue weighted by Gasteiger charge is -2.08. The van der Waals surface area contributed by atoms with Crippen LogP contribution in [0.2, 0.25) is 0 Å². The first-order chi connectivity index (χ1) is 14.2. The standard InChI is InChI=1S/C18H16FN3O7S/c19-15-8-5-13(9-16(15)22(25)26)20-17(23)10-29-18(24)11-1-6-14(7-2-11)30(27,28)21-12-3-4-12/h1-2,5-9,12,21H,3-4,10H2,(H,20,23). The summed E-state index contributed by atoms with van der Waals surface area (Å²) in [6, 6.07) is 7.74. The van der Waals surface area contributed by atoms with Crippen LogP contribution in [0, 0.1) is 15.9 Å². The quantitative estimate of drug-likeness (QED) is 0.365. The van der Waals surface area contributed by atoms with Crippen LogP contribution in [0.4, 0.5) is 15.8 Å². The van der Waals surface area contributed by atoms with Crippen LogP contribution in [0.3, 0.4) is 0 Å². The summed E-state index contributed by atoms with van der Waals surface area (Å²) in [6.07, 6.45) is 1.58. The van der Waals surface area contributed by atoms with E-state index in [1.165, 1.54) is 24.3 Å². The molecule has 3 rings (SSSR count). The average Bonchev–Trinajstić information content (AvgIpc) is 3.51. The van der Waals surface area contributed by atoms with E-state index in [0.717, 1.165) is 31.0 Å². The zero-order chi connectivity index (χ0) is 21.9. The van der Waals surface area contributed by atoms with Crippen molar-refractivity contribution in [3.63, 3.8) is 0 Å². The van der Waals surface area contributed by atoms with Crippen molar-refractivity contribution in [3.05, 3.63) is 64.0 Å². The number of rotatable bonds is 8. The molecule has 1 aliphatic rings. The lowest BCUT2D eigenvalue weighted by Crippen LogP contribution is -2.25. The summed E-state index contributed by atoms with van der Waals surface area (Å²) in [7, 11) is -3.65. The number of amides is 1. The molecule has 0 spiro atoms. The topological polar surface area (TPSA) is 145 Å². The van der Waals surface area contributed by atoms with Gasteiger partial charge in [0.05, 0.1) is 15.4 Å². The smallest absolute Gasteiger partial charge is 0.338 e. The lowest BCUT2D eigenvalue weighted by atomic mass is 10.2. The molecule has 1 aliphatic carbocycles. The molecule has 2 aromatic rings. The highest BCUT2D eigenvalue weighted by Crippen LogP contribution is 2.23. The second-order valence-corrected chi connectivity index (χ2v) is 8.18. The maximum atomic E-state index is 13.3. The minimum absolute atomic E-state index is 0.00148. The Morgan fingerprint density at radius 1 is 1.17 bits per heavy atom. The van der Waals surface area contributed by atoms with Gasteiger partial charge < -0.3 is 10.1 Å². The fourth-order valence-electron chi connectivity index (χ4n) is 2.40. The molecule has 0 atom stereocenters. The van der Waals surface area contributed by atoms with Crippen molar-refractivity contribution in [1.82, 2.24) is 4.72 Å². The first-order valence-electron chi connectivity index (χ1n) is 8.69. The Bertz CT molecular complexity index is 1100. The van der Waals surface area contributed by atoms with Crippen LogP contribution < -0.4 is 10.0 Å². The second kappa shape index (κ2) is 8.55. The molecule has 0 bridgehead atoms. The van der Waals surface area contributed by atoms with Crippen LogP contribution in [0.1, 0.15) is 23.2 Å². The van der Waals surface area contributed by atoms with E-state index >= 15 is 0 Å². The molecule has 0 radical (unpaired) electrons. The van der Waals surface area contributed by atoms with E-state index in [1.54, 1.807) is 0 Å². The van der Waals surface area contributed by atoms with Crippen molar-refractivity contribution in [1.29, 1.82) is 0 Å². The van der Waals surface area contributed by atoms with E-state index in [-0.39, 0.29) is 22.2 Å². The molecule has 1 saturated carbocycles. The molecule has 1 fully saturated rings. The van der Waals surface area contributed by atoms with Crippen molar-refractivity contribution in [3.8, 4) is 0 Å². The maximum Gasteiger partial charge on any atom is 0.338 e. The number of carbonyl (C=O) groups is 2. The van der Waals surface area contributed by atoms with Crippen LogP contribution in [0.25, 0.3) is 0 Å². The van der Waals surface area contributed by atoms with Crippen LogP contribution in [-0.4, -0.2) is 37.9 Å². The number of nitrogens with one attached hydrogen (secondary N) is 2. The van der Waals surface area contributed by atoms with Crippen LogP contribution >= 0.6 is 0 Å². The van der Waals surface area contributed by atoms with Crippen molar-refractivity contribution >= 4 is 33.3 Å². The highest BCUT2D eigenvalue weighted by atomic mass is 32.2. The molecule has 30 heavy (non-hydrogen) atoms. The Hall–Kier alpha value is -3.38. The number of anilines is 1. The summed E-state index contributed by atoms with van der Waals surface area (Å²) in [5.41, 5.74) is -0.816. The molecule has 158 valence electrons. The minimum Gasteiger partial charge on any atom is -0.452 e. The Balaban J connectivity index is 1.55. The van der Waals surface area contributed by atoms with Crippen molar-refractivity contribution in [2.45, 2.75) is 23.8 Å². The Labute approximate surface area is 170 Å². The molecule has 2 N–H and O–H groups in total. The number of sulfonamides is 1. The molecule has 0 heterocycles. The first kappa shape index (κ1) is 21.3. The Morgan fingerprint density at radius 2 is 1.83 bits per heavy atom. The summed E-state index contributed by atoms with van der Waals surface area (Å²) in [5, 5.41) is 13.0. The van der Waals surface area contributed by atoms with Gasteiger partial charge in [0.15, 0.2) is 6.61 Å². The predicted molar refractivity (Wildman–Crippen MR) is 102 cm³/mol. The van der Waals surface area contributed by atoms with Crippen LogP contribution in [0.15, 0.2) is 47.4 Å². The number of benzene rings is 2.